The summed E-state index contributed by atoms with van der Waals surface area (Å²) in [6, 6.07) is 0. The third-order valence-corrected chi connectivity index (χ3v) is 2.85. The minimum absolute atomic E-state index is 0.177. The minimum Gasteiger partial charge on any atom is -0.310 e. The maximum Gasteiger partial charge on any atom is 0.294 e. The Morgan fingerprint density at radius 3 is 2.67 bits per heavy atom. The predicted octanol–water partition coefficient (Wildman–Crippen LogP) is 2.02. The van der Waals surface area contributed by atoms with Crippen LogP contribution >= 0.6 is 0 Å². The van der Waals surface area contributed by atoms with E-state index in [1.807, 2.05) is 6.92 Å². The molecule has 0 amide bonds. The van der Waals surface area contributed by atoms with Crippen molar-refractivity contribution in [3.05, 3.63) is 10.1 Å². The van der Waals surface area contributed by atoms with Crippen LogP contribution in [0, 0.1) is 22.0 Å². The molecular formula is C8H15NO3. The first-order valence-electron chi connectivity index (χ1n) is 4.42. The first kappa shape index (κ1) is 9.29. The van der Waals surface area contributed by atoms with Gasteiger partial charge in [0, 0.05) is 0 Å². The SMILES string of the molecule is CC1CCCC(O[N+](=O)[O-])C1C. The van der Waals surface area contributed by atoms with Gasteiger partial charge in [-0.15, -0.1) is 10.1 Å². The Labute approximate surface area is 72.0 Å². The van der Waals surface area contributed by atoms with Gasteiger partial charge in [0.05, 0.1) is 0 Å². The summed E-state index contributed by atoms with van der Waals surface area (Å²) in [6.07, 6.45) is 2.86. The average Bonchev–Trinajstić information content (AvgIpc) is 1.98. The van der Waals surface area contributed by atoms with Gasteiger partial charge in [-0.1, -0.05) is 26.7 Å². The molecule has 4 nitrogen and oxygen atoms in total. The molecule has 3 unspecified atom stereocenters. The summed E-state index contributed by atoms with van der Waals surface area (Å²) in [5.74, 6) is 0.854. The van der Waals surface area contributed by atoms with Gasteiger partial charge in [-0.25, -0.2) is 0 Å². The molecule has 0 spiro atoms. The smallest absolute Gasteiger partial charge is 0.294 e. The summed E-state index contributed by atoms with van der Waals surface area (Å²) in [5.41, 5.74) is 0. The highest BCUT2D eigenvalue weighted by molar-refractivity contribution is 4.76. The summed E-state index contributed by atoms with van der Waals surface area (Å²) in [4.78, 5) is 14.7. The average molecular weight is 173 g/mol. The predicted molar refractivity (Wildman–Crippen MR) is 44.0 cm³/mol. The zero-order valence-corrected chi connectivity index (χ0v) is 7.53. The largest absolute Gasteiger partial charge is 0.310 e. The molecule has 3 atom stereocenters. The van der Waals surface area contributed by atoms with Crippen LogP contribution < -0.4 is 0 Å². The van der Waals surface area contributed by atoms with Gasteiger partial charge in [0.1, 0.15) is 6.10 Å². The zero-order chi connectivity index (χ0) is 9.14. The standard InChI is InChI=1S/C8H15NO3/c1-6-4-3-5-8(7(6)2)12-9(10)11/h6-8H,3-5H2,1-2H3. The Bertz CT molecular complexity index is 172. The van der Waals surface area contributed by atoms with E-state index in [4.69, 9.17) is 0 Å². The highest BCUT2D eigenvalue weighted by atomic mass is 17.0. The van der Waals surface area contributed by atoms with Gasteiger partial charge in [0.15, 0.2) is 0 Å². The molecular weight excluding hydrogens is 158 g/mol. The molecule has 0 aromatic carbocycles. The lowest BCUT2D eigenvalue weighted by molar-refractivity contribution is -0.771. The maximum atomic E-state index is 10.1. The van der Waals surface area contributed by atoms with Crippen LogP contribution in [0.2, 0.25) is 0 Å². The molecule has 1 saturated carbocycles. The second kappa shape index (κ2) is 3.74. The van der Waals surface area contributed by atoms with Crippen molar-refractivity contribution in [2.45, 2.75) is 39.2 Å². The summed E-state index contributed by atoms with van der Waals surface area (Å²) in [5, 5.41) is 9.44. The van der Waals surface area contributed by atoms with E-state index in [1.165, 1.54) is 6.42 Å². The van der Waals surface area contributed by atoms with E-state index < -0.39 is 5.09 Å². The van der Waals surface area contributed by atoms with Crippen molar-refractivity contribution < 1.29 is 9.92 Å². The van der Waals surface area contributed by atoms with Gasteiger partial charge in [-0.05, 0) is 18.3 Å². The molecule has 0 saturated heterocycles. The summed E-state index contributed by atoms with van der Waals surface area (Å²) in [6.45, 7) is 4.15. The van der Waals surface area contributed by atoms with Crippen molar-refractivity contribution in [3.8, 4) is 0 Å². The van der Waals surface area contributed by atoms with E-state index in [0.717, 1.165) is 12.8 Å². The first-order chi connectivity index (χ1) is 5.61. The van der Waals surface area contributed by atoms with Crippen LogP contribution in [-0.2, 0) is 4.84 Å². The van der Waals surface area contributed by atoms with E-state index in [1.54, 1.807) is 0 Å². The molecule has 12 heavy (non-hydrogen) atoms. The molecule has 1 rings (SSSR count). The molecule has 0 N–H and O–H groups in total. The summed E-state index contributed by atoms with van der Waals surface area (Å²) < 4.78 is 0. The van der Waals surface area contributed by atoms with Gasteiger partial charge in [-0.3, -0.25) is 0 Å². The van der Waals surface area contributed by atoms with E-state index in [2.05, 4.69) is 11.8 Å². The molecule has 0 aromatic rings. The Morgan fingerprint density at radius 2 is 2.08 bits per heavy atom. The van der Waals surface area contributed by atoms with Crippen molar-refractivity contribution in [2.24, 2.45) is 11.8 Å². The molecule has 0 heterocycles. The van der Waals surface area contributed by atoms with Crippen LogP contribution in [0.25, 0.3) is 0 Å². The lowest BCUT2D eigenvalue weighted by Crippen LogP contribution is -2.32. The number of nitrogens with zero attached hydrogens (tertiary/aromatic N) is 1. The van der Waals surface area contributed by atoms with Gasteiger partial charge < -0.3 is 4.84 Å². The maximum absolute atomic E-state index is 10.1. The van der Waals surface area contributed by atoms with Crippen LogP contribution in [-0.4, -0.2) is 11.2 Å². The van der Waals surface area contributed by atoms with Gasteiger partial charge >= 0.3 is 0 Å². The molecule has 1 aliphatic carbocycles. The van der Waals surface area contributed by atoms with E-state index in [9.17, 15) is 10.1 Å². The topological polar surface area (TPSA) is 52.4 Å². The van der Waals surface area contributed by atoms with Crippen LogP contribution in [0.1, 0.15) is 33.1 Å². The Balaban J connectivity index is 2.46. The molecule has 0 bridgehead atoms. The van der Waals surface area contributed by atoms with Crippen LogP contribution in [0.15, 0.2) is 0 Å². The lowest BCUT2D eigenvalue weighted by Gasteiger charge is -2.32. The van der Waals surface area contributed by atoms with E-state index in [-0.39, 0.29) is 6.10 Å². The number of hydrogen-bond donors (Lipinski definition) is 0. The molecule has 1 fully saturated rings. The second-order valence-corrected chi connectivity index (χ2v) is 3.63. The van der Waals surface area contributed by atoms with Crippen molar-refractivity contribution in [2.75, 3.05) is 0 Å². The van der Waals surface area contributed by atoms with E-state index in [0.29, 0.717) is 11.8 Å². The third kappa shape index (κ3) is 2.09. The van der Waals surface area contributed by atoms with Crippen molar-refractivity contribution >= 4 is 0 Å². The molecule has 4 heteroatoms. The third-order valence-electron chi connectivity index (χ3n) is 2.85. The van der Waals surface area contributed by atoms with Gasteiger partial charge in [-0.2, -0.15) is 0 Å². The lowest BCUT2D eigenvalue weighted by atomic mass is 9.80. The van der Waals surface area contributed by atoms with Crippen LogP contribution in [0.3, 0.4) is 0 Å². The molecule has 0 radical (unpaired) electrons. The van der Waals surface area contributed by atoms with Crippen LogP contribution in [0.5, 0.6) is 0 Å². The van der Waals surface area contributed by atoms with Crippen LogP contribution in [0.4, 0.5) is 0 Å². The highest BCUT2D eigenvalue weighted by Crippen LogP contribution is 2.31. The Morgan fingerprint density at radius 1 is 1.42 bits per heavy atom. The fourth-order valence-electron chi connectivity index (χ4n) is 1.79. The normalized spacial score (nSPS) is 36.0. The second-order valence-electron chi connectivity index (χ2n) is 3.63. The first-order valence-corrected chi connectivity index (χ1v) is 4.42. The van der Waals surface area contributed by atoms with Gasteiger partial charge in [0.2, 0.25) is 0 Å². The quantitative estimate of drug-likeness (QED) is 0.474. The molecule has 70 valence electrons. The monoisotopic (exact) mass is 173 g/mol. The van der Waals surface area contributed by atoms with Gasteiger partial charge in [0.25, 0.3) is 5.09 Å². The van der Waals surface area contributed by atoms with E-state index >= 15 is 0 Å². The molecule has 0 aromatic heterocycles. The fraction of sp³-hybridized carbons (Fsp3) is 1.00. The minimum atomic E-state index is -0.667. The molecule has 1 aliphatic rings. The summed E-state index contributed by atoms with van der Waals surface area (Å²) >= 11 is 0. The zero-order valence-electron chi connectivity index (χ0n) is 7.53. The number of hydrogen-bond acceptors (Lipinski definition) is 3. The Hall–Kier alpha value is -0.800. The van der Waals surface area contributed by atoms with Crippen molar-refractivity contribution in [3.63, 3.8) is 0 Å². The molecule has 0 aliphatic heterocycles. The fourth-order valence-corrected chi connectivity index (χ4v) is 1.79. The highest BCUT2D eigenvalue weighted by Gasteiger charge is 2.29. The van der Waals surface area contributed by atoms with Crippen molar-refractivity contribution in [1.82, 2.24) is 0 Å². The summed E-state index contributed by atoms with van der Waals surface area (Å²) in [7, 11) is 0. The Kier molecular flexibility index (Phi) is 2.89. The number of rotatable bonds is 2. The van der Waals surface area contributed by atoms with Crippen molar-refractivity contribution in [1.29, 1.82) is 0 Å².